The highest BCUT2D eigenvalue weighted by atomic mass is 16.5. The van der Waals surface area contributed by atoms with E-state index in [4.69, 9.17) is 10.6 Å². The summed E-state index contributed by atoms with van der Waals surface area (Å²) in [5, 5.41) is 0. The largest absolute Gasteiger partial charge is 0.377 e. The van der Waals surface area contributed by atoms with Crippen molar-refractivity contribution in [2.45, 2.75) is 90.7 Å². The molecule has 3 heteroatoms. The van der Waals surface area contributed by atoms with Crippen molar-refractivity contribution < 1.29 is 4.74 Å². The Morgan fingerprint density at radius 2 is 1.56 bits per heavy atom. The van der Waals surface area contributed by atoms with Gasteiger partial charge in [-0.3, -0.25) is 11.3 Å². The lowest BCUT2D eigenvalue weighted by atomic mass is 10.0. The van der Waals surface area contributed by atoms with Crippen LogP contribution in [0.5, 0.6) is 0 Å². The molecule has 0 aliphatic carbocycles. The van der Waals surface area contributed by atoms with Crippen LogP contribution in [0.15, 0.2) is 0 Å². The van der Waals surface area contributed by atoms with Gasteiger partial charge < -0.3 is 4.74 Å². The first kappa shape index (κ1) is 17.9. The van der Waals surface area contributed by atoms with Crippen LogP contribution in [0.3, 0.4) is 0 Å². The summed E-state index contributed by atoms with van der Waals surface area (Å²) in [5.41, 5.74) is 2.92. The molecule has 0 spiro atoms. The summed E-state index contributed by atoms with van der Waals surface area (Å²) in [6.07, 6.45) is 11.9. The van der Waals surface area contributed by atoms with Gasteiger partial charge in [-0.15, -0.1) is 0 Å². The average molecular weight is 258 g/mol. The minimum absolute atomic E-state index is 0.264. The Hall–Kier alpha value is -0.120. The first-order valence-corrected chi connectivity index (χ1v) is 7.87. The molecule has 0 saturated heterocycles. The third-order valence-electron chi connectivity index (χ3n) is 3.56. The molecule has 2 atom stereocenters. The summed E-state index contributed by atoms with van der Waals surface area (Å²) < 4.78 is 5.71. The van der Waals surface area contributed by atoms with Gasteiger partial charge in [0.2, 0.25) is 0 Å². The van der Waals surface area contributed by atoms with Crippen LogP contribution in [0, 0.1) is 0 Å². The molecule has 110 valence electrons. The lowest BCUT2D eigenvalue weighted by Crippen LogP contribution is -2.45. The lowest BCUT2D eigenvalue weighted by Gasteiger charge is -2.25. The van der Waals surface area contributed by atoms with Gasteiger partial charge in [0.25, 0.3) is 0 Å². The molecule has 3 N–H and O–H groups in total. The Morgan fingerprint density at radius 1 is 0.944 bits per heavy atom. The maximum atomic E-state index is 5.71. The third-order valence-corrected chi connectivity index (χ3v) is 3.56. The quantitative estimate of drug-likeness (QED) is 0.300. The summed E-state index contributed by atoms with van der Waals surface area (Å²) >= 11 is 0. The van der Waals surface area contributed by atoms with E-state index in [1.807, 2.05) is 6.92 Å². The number of nitrogens with two attached hydrogens (primary N) is 1. The fourth-order valence-electron chi connectivity index (χ4n) is 2.43. The van der Waals surface area contributed by atoms with E-state index < -0.39 is 0 Å². The van der Waals surface area contributed by atoms with Crippen molar-refractivity contribution in [1.82, 2.24) is 5.43 Å². The van der Waals surface area contributed by atoms with Crippen LogP contribution in [0.2, 0.25) is 0 Å². The standard InChI is InChI=1S/C15H34N2O/c1-4-7-8-9-10-11-12-13-14(17-16)15(5-2)18-6-3/h14-15,17H,4-13,16H2,1-3H3. The summed E-state index contributed by atoms with van der Waals surface area (Å²) in [6, 6.07) is 0.311. The fourth-order valence-corrected chi connectivity index (χ4v) is 2.43. The molecule has 0 amide bonds. The molecule has 0 heterocycles. The van der Waals surface area contributed by atoms with Crippen LogP contribution in [-0.4, -0.2) is 18.8 Å². The number of rotatable bonds is 13. The molecular formula is C15H34N2O. The van der Waals surface area contributed by atoms with Gasteiger partial charge in [-0.2, -0.15) is 0 Å². The highest BCUT2D eigenvalue weighted by Crippen LogP contribution is 2.13. The molecule has 0 rings (SSSR count). The average Bonchev–Trinajstić information content (AvgIpc) is 2.40. The highest BCUT2D eigenvalue weighted by molar-refractivity contribution is 4.74. The Kier molecular flexibility index (Phi) is 13.2. The molecule has 18 heavy (non-hydrogen) atoms. The number of nitrogens with one attached hydrogen (secondary N) is 1. The van der Waals surface area contributed by atoms with Gasteiger partial charge in [0, 0.05) is 12.6 Å². The first-order chi connectivity index (χ1) is 8.79. The zero-order valence-electron chi connectivity index (χ0n) is 12.7. The second-order valence-corrected chi connectivity index (χ2v) is 5.09. The number of hydrogen-bond donors (Lipinski definition) is 2. The highest BCUT2D eigenvalue weighted by Gasteiger charge is 2.18. The van der Waals surface area contributed by atoms with Crippen molar-refractivity contribution in [2.24, 2.45) is 5.84 Å². The van der Waals surface area contributed by atoms with Crippen LogP contribution in [0.1, 0.15) is 78.6 Å². The van der Waals surface area contributed by atoms with E-state index in [1.54, 1.807) is 0 Å². The Labute approximate surface area is 114 Å². The summed E-state index contributed by atoms with van der Waals surface area (Å²) in [5.74, 6) is 5.63. The second-order valence-electron chi connectivity index (χ2n) is 5.09. The van der Waals surface area contributed by atoms with Crippen molar-refractivity contribution in [3.63, 3.8) is 0 Å². The van der Waals surface area contributed by atoms with Crippen LogP contribution < -0.4 is 11.3 Å². The zero-order chi connectivity index (χ0) is 13.6. The van der Waals surface area contributed by atoms with Gasteiger partial charge in [0.05, 0.1) is 6.10 Å². The van der Waals surface area contributed by atoms with Gasteiger partial charge in [-0.25, -0.2) is 0 Å². The Bertz CT molecular complexity index is 165. The maximum Gasteiger partial charge on any atom is 0.0738 e. The SMILES string of the molecule is CCCCCCCCCC(NN)C(CC)OCC. The van der Waals surface area contributed by atoms with Gasteiger partial charge >= 0.3 is 0 Å². The van der Waals surface area contributed by atoms with Crippen LogP contribution in [0.4, 0.5) is 0 Å². The zero-order valence-corrected chi connectivity index (χ0v) is 12.7. The molecule has 0 aliphatic heterocycles. The summed E-state index contributed by atoms with van der Waals surface area (Å²) in [6.45, 7) is 7.24. The molecule has 0 radical (unpaired) electrons. The molecule has 0 aromatic rings. The van der Waals surface area contributed by atoms with E-state index in [1.165, 1.54) is 44.9 Å². The lowest BCUT2D eigenvalue weighted by molar-refractivity contribution is 0.0290. The van der Waals surface area contributed by atoms with Crippen molar-refractivity contribution in [3.05, 3.63) is 0 Å². The van der Waals surface area contributed by atoms with Gasteiger partial charge in [-0.05, 0) is 19.8 Å². The maximum absolute atomic E-state index is 5.71. The topological polar surface area (TPSA) is 47.3 Å². The number of hydrogen-bond acceptors (Lipinski definition) is 3. The van der Waals surface area contributed by atoms with Crippen LogP contribution in [-0.2, 0) is 4.74 Å². The number of unbranched alkanes of at least 4 members (excludes halogenated alkanes) is 6. The molecule has 0 saturated carbocycles. The van der Waals surface area contributed by atoms with Crippen molar-refractivity contribution >= 4 is 0 Å². The minimum atomic E-state index is 0.264. The van der Waals surface area contributed by atoms with Crippen molar-refractivity contribution in [3.8, 4) is 0 Å². The van der Waals surface area contributed by atoms with E-state index in [0.717, 1.165) is 19.4 Å². The predicted molar refractivity (Wildman–Crippen MR) is 79.4 cm³/mol. The smallest absolute Gasteiger partial charge is 0.0738 e. The molecule has 0 fully saturated rings. The molecule has 2 unspecified atom stereocenters. The second kappa shape index (κ2) is 13.3. The van der Waals surface area contributed by atoms with Crippen LogP contribution in [0.25, 0.3) is 0 Å². The summed E-state index contributed by atoms with van der Waals surface area (Å²) in [4.78, 5) is 0. The summed E-state index contributed by atoms with van der Waals surface area (Å²) in [7, 11) is 0. The third kappa shape index (κ3) is 8.90. The normalized spacial score (nSPS) is 14.7. The Balaban J connectivity index is 3.59. The number of hydrazine groups is 1. The fraction of sp³-hybridized carbons (Fsp3) is 1.00. The van der Waals surface area contributed by atoms with Crippen molar-refractivity contribution in [1.29, 1.82) is 0 Å². The molecule has 0 aromatic carbocycles. The number of ether oxygens (including phenoxy) is 1. The van der Waals surface area contributed by atoms with Gasteiger partial charge in [-0.1, -0.05) is 58.8 Å². The molecule has 0 bridgehead atoms. The van der Waals surface area contributed by atoms with E-state index in [0.29, 0.717) is 6.04 Å². The molecule has 3 nitrogen and oxygen atoms in total. The van der Waals surface area contributed by atoms with E-state index in [-0.39, 0.29) is 6.10 Å². The van der Waals surface area contributed by atoms with E-state index in [2.05, 4.69) is 19.3 Å². The molecule has 0 aromatic heterocycles. The van der Waals surface area contributed by atoms with E-state index >= 15 is 0 Å². The van der Waals surface area contributed by atoms with E-state index in [9.17, 15) is 0 Å². The van der Waals surface area contributed by atoms with Gasteiger partial charge in [0.1, 0.15) is 0 Å². The molecular weight excluding hydrogens is 224 g/mol. The predicted octanol–water partition coefficient (Wildman–Crippen LogP) is 3.77. The van der Waals surface area contributed by atoms with Crippen molar-refractivity contribution in [2.75, 3.05) is 6.61 Å². The Morgan fingerprint density at radius 3 is 2.06 bits per heavy atom. The monoisotopic (exact) mass is 258 g/mol. The van der Waals surface area contributed by atoms with Gasteiger partial charge in [0.15, 0.2) is 0 Å². The van der Waals surface area contributed by atoms with Crippen LogP contribution >= 0.6 is 0 Å². The first-order valence-electron chi connectivity index (χ1n) is 7.87. The minimum Gasteiger partial charge on any atom is -0.377 e. The molecule has 0 aliphatic rings.